The van der Waals surface area contributed by atoms with Crippen molar-refractivity contribution < 1.29 is 5.11 Å². The highest BCUT2D eigenvalue weighted by Gasteiger charge is 2.07. The van der Waals surface area contributed by atoms with E-state index in [4.69, 9.17) is 0 Å². The van der Waals surface area contributed by atoms with E-state index in [1.165, 1.54) is 0 Å². The average molecular weight is 185 g/mol. The Morgan fingerprint density at radius 3 is 2.83 bits per heavy atom. The van der Waals surface area contributed by atoms with E-state index in [-0.39, 0.29) is 6.10 Å². The van der Waals surface area contributed by atoms with Gasteiger partial charge >= 0.3 is 0 Å². The van der Waals surface area contributed by atoms with Gasteiger partial charge in [-0.3, -0.25) is 0 Å². The number of rotatable bonds is 4. The van der Waals surface area contributed by atoms with Crippen molar-refractivity contribution in [3.63, 3.8) is 0 Å². The smallest absolute Gasteiger partial charge is 0.0735 e. The maximum absolute atomic E-state index is 9.47. The largest absolute Gasteiger partial charge is 0.391 e. The highest BCUT2D eigenvalue weighted by atomic mass is 32.1. The minimum atomic E-state index is -0.259. The summed E-state index contributed by atoms with van der Waals surface area (Å²) >= 11 is 1.66. The third-order valence-electron chi connectivity index (χ3n) is 1.81. The van der Waals surface area contributed by atoms with Gasteiger partial charge in [-0.25, -0.2) is 0 Å². The standard InChI is InChI=1S/C9H15NOS/c1-7(2)9(11)5-10-8-3-4-12-6-8/h3-4,6-7,9-11H,5H2,1-2H3. The molecule has 1 rings (SSSR count). The van der Waals surface area contributed by atoms with E-state index < -0.39 is 0 Å². The van der Waals surface area contributed by atoms with Crippen molar-refractivity contribution in [3.8, 4) is 0 Å². The third kappa shape index (κ3) is 2.83. The topological polar surface area (TPSA) is 32.3 Å². The van der Waals surface area contributed by atoms with Crippen LogP contribution in [0, 0.1) is 5.92 Å². The van der Waals surface area contributed by atoms with E-state index in [0.717, 1.165) is 5.69 Å². The summed E-state index contributed by atoms with van der Waals surface area (Å²) < 4.78 is 0. The minimum absolute atomic E-state index is 0.259. The number of hydrogen-bond acceptors (Lipinski definition) is 3. The van der Waals surface area contributed by atoms with E-state index in [1.807, 2.05) is 30.7 Å². The van der Waals surface area contributed by atoms with Gasteiger partial charge in [-0.05, 0) is 17.4 Å². The van der Waals surface area contributed by atoms with E-state index in [1.54, 1.807) is 11.3 Å². The van der Waals surface area contributed by atoms with Crippen LogP contribution in [0.25, 0.3) is 0 Å². The van der Waals surface area contributed by atoms with Gasteiger partial charge in [-0.2, -0.15) is 11.3 Å². The Bertz CT molecular complexity index is 208. The lowest BCUT2D eigenvalue weighted by atomic mass is 10.1. The molecule has 2 nitrogen and oxygen atoms in total. The Kier molecular flexibility index (Phi) is 3.56. The molecule has 0 aliphatic heterocycles. The van der Waals surface area contributed by atoms with Gasteiger partial charge in [0.15, 0.2) is 0 Å². The molecule has 1 atom stereocenters. The maximum atomic E-state index is 9.47. The molecular formula is C9H15NOS. The predicted octanol–water partition coefficient (Wildman–Crippen LogP) is 2.18. The Morgan fingerprint density at radius 2 is 2.33 bits per heavy atom. The second-order valence-electron chi connectivity index (χ2n) is 3.20. The second kappa shape index (κ2) is 4.48. The van der Waals surface area contributed by atoms with Gasteiger partial charge in [-0.15, -0.1) is 0 Å². The number of hydrogen-bond donors (Lipinski definition) is 2. The summed E-state index contributed by atoms with van der Waals surface area (Å²) in [7, 11) is 0. The van der Waals surface area contributed by atoms with Crippen molar-refractivity contribution >= 4 is 17.0 Å². The Labute approximate surface area is 77.2 Å². The molecule has 0 aliphatic rings. The van der Waals surface area contributed by atoms with E-state index in [0.29, 0.717) is 12.5 Å². The van der Waals surface area contributed by atoms with E-state index in [9.17, 15) is 5.11 Å². The quantitative estimate of drug-likeness (QED) is 0.753. The van der Waals surface area contributed by atoms with Gasteiger partial charge in [0.05, 0.1) is 6.10 Å². The molecular weight excluding hydrogens is 170 g/mol. The molecule has 3 heteroatoms. The van der Waals surface area contributed by atoms with Crippen molar-refractivity contribution in [2.75, 3.05) is 11.9 Å². The lowest BCUT2D eigenvalue weighted by Crippen LogP contribution is -2.24. The molecule has 1 heterocycles. The predicted molar refractivity (Wildman–Crippen MR) is 53.7 cm³/mol. The normalized spacial score (nSPS) is 13.3. The fraction of sp³-hybridized carbons (Fsp3) is 0.556. The van der Waals surface area contributed by atoms with Gasteiger partial charge < -0.3 is 10.4 Å². The van der Waals surface area contributed by atoms with Crippen LogP contribution < -0.4 is 5.32 Å². The summed E-state index contributed by atoms with van der Waals surface area (Å²) in [5, 5.41) is 16.7. The lowest BCUT2D eigenvalue weighted by molar-refractivity contribution is 0.138. The molecule has 1 unspecified atom stereocenters. The Balaban J connectivity index is 2.27. The van der Waals surface area contributed by atoms with E-state index >= 15 is 0 Å². The molecule has 0 aromatic carbocycles. The van der Waals surface area contributed by atoms with Crippen molar-refractivity contribution in [2.24, 2.45) is 5.92 Å². The summed E-state index contributed by atoms with van der Waals surface area (Å²) in [6.07, 6.45) is -0.259. The summed E-state index contributed by atoms with van der Waals surface area (Å²) in [4.78, 5) is 0. The van der Waals surface area contributed by atoms with Crippen LogP contribution in [0.15, 0.2) is 16.8 Å². The molecule has 0 saturated heterocycles. The first-order valence-electron chi connectivity index (χ1n) is 4.14. The molecule has 1 aromatic rings. The molecule has 0 aliphatic carbocycles. The highest BCUT2D eigenvalue weighted by Crippen LogP contribution is 2.12. The number of thiophene rings is 1. The van der Waals surface area contributed by atoms with Crippen LogP contribution in [0.5, 0.6) is 0 Å². The molecule has 2 N–H and O–H groups in total. The van der Waals surface area contributed by atoms with Crippen molar-refractivity contribution in [3.05, 3.63) is 16.8 Å². The molecule has 1 aromatic heterocycles. The van der Waals surface area contributed by atoms with Crippen molar-refractivity contribution in [1.82, 2.24) is 0 Å². The average Bonchev–Trinajstić information content (AvgIpc) is 2.51. The SMILES string of the molecule is CC(C)C(O)CNc1ccsc1. The summed E-state index contributed by atoms with van der Waals surface area (Å²) in [6, 6.07) is 2.01. The van der Waals surface area contributed by atoms with Gasteiger partial charge in [0.1, 0.15) is 0 Å². The van der Waals surface area contributed by atoms with Crippen molar-refractivity contribution in [1.29, 1.82) is 0 Å². The Morgan fingerprint density at radius 1 is 1.58 bits per heavy atom. The van der Waals surface area contributed by atoms with Crippen LogP contribution >= 0.6 is 11.3 Å². The summed E-state index contributed by atoms with van der Waals surface area (Å²) in [5.41, 5.74) is 1.10. The van der Waals surface area contributed by atoms with Gasteiger partial charge in [-0.1, -0.05) is 13.8 Å². The number of nitrogens with one attached hydrogen (secondary N) is 1. The van der Waals surface area contributed by atoms with Crippen LogP contribution in [0.2, 0.25) is 0 Å². The first-order valence-corrected chi connectivity index (χ1v) is 5.08. The summed E-state index contributed by atoms with van der Waals surface area (Å²) in [6.45, 7) is 4.66. The monoisotopic (exact) mass is 185 g/mol. The first-order chi connectivity index (χ1) is 5.70. The second-order valence-corrected chi connectivity index (χ2v) is 3.98. The van der Waals surface area contributed by atoms with Gasteiger partial charge in [0.25, 0.3) is 0 Å². The first kappa shape index (κ1) is 9.55. The zero-order chi connectivity index (χ0) is 8.97. The number of aliphatic hydroxyl groups excluding tert-OH is 1. The minimum Gasteiger partial charge on any atom is -0.391 e. The lowest BCUT2D eigenvalue weighted by Gasteiger charge is -2.14. The number of anilines is 1. The molecule has 0 radical (unpaired) electrons. The van der Waals surface area contributed by atoms with Crippen LogP contribution in [-0.2, 0) is 0 Å². The molecule has 0 spiro atoms. The molecule has 68 valence electrons. The van der Waals surface area contributed by atoms with Gasteiger partial charge in [0, 0.05) is 17.6 Å². The fourth-order valence-corrected chi connectivity index (χ4v) is 1.44. The molecule has 0 amide bonds. The van der Waals surface area contributed by atoms with Gasteiger partial charge in [0.2, 0.25) is 0 Å². The Hall–Kier alpha value is -0.540. The van der Waals surface area contributed by atoms with Crippen LogP contribution in [0.1, 0.15) is 13.8 Å². The van der Waals surface area contributed by atoms with Crippen molar-refractivity contribution in [2.45, 2.75) is 20.0 Å². The van der Waals surface area contributed by atoms with Crippen LogP contribution in [0.3, 0.4) is 0 Å². The van der Waals surface area contributed by atoms with E-state index in [2.05, 4.69) is 5.32 Å². The third-order valence-corrected chi connectivity index (χ3v) is 2.49. The fourth-order valence-electron chi connectivity index (χ4n) is 0.823. The zero-order valence-corrected chi connectivity index (χ0v) is 8.27. The number of aliphatic hydroxyl groups is 1. The molecule has 0 bridgehead atoms. The summed E-state index contributed by atoms with van der Waals surface area (Å²) in [5.74, 6) is 0.316. The molecule has 0 fully saturated rings. The van der Waals surface area contributed by atoms with Crippen LogP contribution in [0.4, 0.5) is 5.69 Å². The maximum Gasteiger partial charge on any atom is 0.0735 e. The molecule has 12 heavy (non-hydrogen) atoms. The molecule has 0 saturated carbocycles. The zero-order valence-electron chi connectivity index (χ0n) is 7.45. The highest BCUT2D eigenvalue weighted by molar-refractivity contribution is 7.08. The van der Waals surface area contributed by atoms with Crippen LogP contribution in [-0.4, -0.2) is 17.8 Å².